The van der Waals surface area contributed by atoms with Crippen molar-refractivity contribution in [2.75, 3.05) is 0 Å². The molecular weight excluding hydrogens is 288 g/mol. The van der Waals surface area contributed by atoms with E-state index in [1.807, 2.05) is 0 Å². The van der Waals surface area contributed by atoms with Crippen LogP contribution in [0.5, 0.6) is 0 Å². The van der Waals surface area contributed by atoms with Gasteiger partial charge in [0.05, 0.1) is 8.07 Å². The van der Waals surface area contributed by atoms with Crippen LogP contribution in [0.15, 0.2) is 53.5 Å². The predicted octanol–water partition coefficient (Wildman–Crippen LogP) is 4.70. The van der Waals surface area contributed by atoms with Gasteiger partial charge in [0.2, 0.25) is 0 Å². The van der Waals surface area contributed by atoms with E-state index in [9.17, 15) is 0 Å². The van der Waals surface area contributed by atoms with Crippen molar-refractivity contribution < 1.29 is 0 Å². The molecule has 0 radical (unpaired) electrons. The van der Waals surface area contributed by atoms with Crippen molar-refractivity contribution in [1.82, 2.24) is 0 Å². The predicted molar refractivity (Wildman–Crippen MR) is 83.8 cm³/mol. The molecule has 0 aromatic heterocycles. The average Bonchev–Trinajstić information content (AvgIpc) is 2.29. The molecule has 2 heteroatoms. The molecule has 88 valence electrons. The number of rotatable bonds is 3. The number of hydrogen-bond acceptors (Lipinski definition) is 0. The highest BCUT2D eigenvalue weighted by atomic mass is 79.9. The van der Waals surface area contributed by atoms with Gasteiger partial charge in [0.15, 0.2) is 0 Å². The summed E-state index contributed by atoms with van der Waals surface area (Å²) in [5, 5.41) is 4.23. The molecule has 17 heavy (non-hydrogen) atoms. The van der Waals surface area contributed by atoms with Gasteiger partial charge in [-0.3, -0.25) is 0 Å². The van der Waals surface area contributed by atoms with Crippen LogP contribution in [0.3, 0.4) is 0 Å². The van der Waals surface area contributed by atoms with E-state index in [1.54, 1.807) is 0 Å². The van der Waals surface area contributed by atoms with Gasteiger partial charge in [-0.2, -0.15) is 0 Å². The Labute approximate surface area is 112 Å². The Balaban J connectivity index is 2.71. The van der Waals surface area contributed by atoms with E-state index in [4.69, 9.17) is 0 Å². The Morgan fingerprint density at radius 1 is 1.12 bits per heavy atom. The van der Waals surface area contributed by atoms with Crippen molar-refractivity contribution in [2.24, 2.45) is 0 Å². The lowest BCUT2D eigenvalue weighted by atomic mass is 10.1. The fraction of sp³-hybridized carbons (Fsp3) is 0.200. The molecule has 0 saturated heterocycles. The normalized spacial score (nSPS) is 11.7. The summed E-state index contributed by atoms with van der Waals surface area (Å²) >= 11 is 3.63. The quantitative estimate of drug-likeness (QED) is 0.569. The first-order valence-corrected chi connectivity index (χ1v) is 9.85. The van der Waals surface area contributed by atoms with Crippen LogP contribution in [0.1, 0.15) is 0 Å². The van der Waals surface area contributed by atoms with E-state index in [1.165, 1.54) is 20.4 Å². The first-order valence-electron chi connectivity index (χ1n) is 5.85. The maximum atomic E-state index is 3.89. The Morgan fingerprint density at radius 3 is 2.41 bits per heavy atom. The van der Waals surface area contributed by atoms with Crippen molar-refractivity contribution in [3.63, 3.8) is 0 Å². The second-order valence-corrected chi connectivity index (χ2v) is 10.6. The number of allylic oxidation sites excluding steroid dienone is 1. The van der Waals surface area contributed by atoms with Crippen molar-refractivity contribution in [2.45, 2.75) is 19.1 Å². The summed E-state index contributed by atoms with van der Waals surface area (Å²) in [6.45, 7) is 8.71. The second kappa shape index (κ2) is 4.79. The third kappa shape index (κ3) is 2.38. The molecule has 0 N–H and O–H groups in total. The summed E-state index contributed by atoms with van der Waals surface area (Å²) in [7, 11) is -1.41. The zero-order chi connectivity index (χ0) is 12.5. The van der Waals surface area contributed by atoms with E-state index in [0.29, 0.717) is 0 Å². The average molecular weight is 305 g/mol. The molecule has 0 aliphatic rings. The number of fused-ring (bicyclic) bond motifs is 1. The van der Waals surface area contributed by atoms with Gasteiger partial charge in [0.1, 0.15) is 0 Å². The molecule has 0 aliphatic heterocycles. The SMILES string of the molecule is C=CC[Si](C)(C)c1ccc(Br)c2ccccc12. The van der Waals surface area contributed by atoms with E-state index >= 15 is 0 Å². The van der Waals surface area contributed by atoms with E-state index in [2.05, 4.69) is 78.1 Å². The summed E-state index contributed by atoms with van der Waals surface area (Å²) in [6.07, 6.45) is 2.06. The van der Waals surface area contributed by atoms with Gasteiger partial charge < -0.3 is 0 Å². The summed E-state index contributed by atoms with van der Waals surface area (Å²) in [6, 6.07) is 14.2. The van der Waals surface area contributed by atoms with Gasteiger partial charge in [-0.1, -0.05) is 70.6 Å². The largest absolute Gasteiger partial charge is 0.103 e. The van der Waals surface area contributed by atoms with Crippen LogP contribution in [0.2, 0.25) is 19.1 Å². The monoisotopic (exact) mass is 304 g/mol. The molecule has 0 unspecified atom stereocenters. The van der Waals surface area contributed by atoms with Crippen LogP contribution >= 0.6 is 15.9 Å². The van der Waals surface area contributed by atoms with E-state index in [0.717, 1.165) is 6.04 Å². The van der Waals surface area contributed by atoms with Crippen LogP contribution in [0, 0.1) is 0 Å². The van der Waals surface area contributed by atoms with Crippen LogP contribution in [-0.4, -0.2) is 8.07 Å². The van der Waals surface area contributed by atoms with Crippen LogP contribution in [0.25, 0.3) is 10.8 Å². The van der Waals surface area contributed by atoms with E-state index in [-0.39, 0.29) is 0 Å². The Hall–Kier alpha value is -0.863. The minimum atomic E-state index is -1.41. The molecule has 0 amide bonds. The van der Waals surface area contributed by atoms with Crippen molar-refractivity contribution >= 4 is 40.0 Å². The van der Waals surface area contributed by atoms with Gasteiger partial charge in [-0.25, -0.2) is 0 Å². The van der Waals surface area contributed by atoms with Gasteiger partial charge in [-0.15, -0.1) is 6.58 Å². The first kappa shape index (κ1) is 12.6. The van der Waals surface area contributed by atoms with Gasteiger partial charge in [0.25, 0.3) is 0 Å². The second-order valence-electron chi connectivity index (χ2n) is 5.02. The molecule has 0 aliphatic carbocycles. The molecule has 0 heterocycles. The fourth-order valence-corrected chi connectivity index (χ4v) is 5.22. The van der Waals surface area contributed by atoms with Crippen LogP contribution < -0.4 is 5.19 Å². The van der Waals surface area contributed by atoms with Crippen molar-refractivity contribution in [1.29, 1.82) is 0 Å². The Kier molecular flexibility index (Phi) is 3.55. The molecule has 0 spiro atoms. The molecule has 0 bridgehead atoms. The number of hydrogen-bond donors (Lipinski definition) is 0. The molecular formula is C15H17BrSi. The highest BCUT2D eigenvalue weighted by Gasteiger charge is 2.23. The summed E-state index contributed by atoms with van der Waals surface area (Å²) in [4.78, 5) is 0. The summed E-state index contributed by atoms with van der Waals surface area (Å²) in [5.41, 5.74) is 0. The third-order valence-electron chi connectivity index (χ3n) is 3.25. The van der Waals surface area contributed by atoms with Crippen LogP contribution in [0.4, 0.5) is 0 Å². The highest BCUT2D eigenvalue weighted by molar-refractivity contribution is 9.10. The van der Waals surface area contributed by atoms with E-state index < -0.39 is 8.07 Å². The summed E-state index contributed by atoms with van der Waals surface area (Å²) < 4.78 is 1.18. The molecule has 0 nitrogen and oxygen atoms in total. The smallest absolute Gasteiger partial charge is 0.0851 e. The molecule has 2 aromatic carbocycles. The Bertz CT molecular complexity index is 558. The fourth-order valence-electron chi connectivity index (χ4n) is 2.32. The van der Waals surface area contributed by atoms with Crippen molar-refractivity contribution in [3.8, 4) is 0 Å². The summed E-state index contributed by atoms with van der Waals surface area (Å²) in [5.74, 6) is 0. The zero-order valence-electron chi connectivity index (χ0n) is 10.3. The maximum Gasteiger partial charge on any atom is 0.0851 e. The minimum Gasteiger partial charge on any atom is -0.103 e. The maximum absolute atomic E-state index is 3.89. The van der Waals surface area contributed by atoms with Gasteiger partial charge >= 0.3 is 0 Å². The van der Waals surface area contributed by atoms with Gasteiger partial charge in [-0.05, 0) is 22.9 Å². The van der Waals surface area contributed by atoms with Crippen LogP contribution in [-0.2, 0) is 0 Å². The highest BCUT2D eigenvalue weighted by Crippen LogP contribution is 2.25. The van der Waals surface area contributed by atoms with Crippen molar-refractivity contribution in [3.05, 3.63) is 53.5 Å². The first-order chi connectivity index (χ1) is 8.06. The lowest BCUT2D eigenvalue weighted by molar-refractivity contribution is 1.55. The minimum absolute atomic E-state index is 1.12. The molecule has 0 atom stereocenters. The molecule has 0 fully saturated rings. The lowest BCUT2D eigenvalue weighted by Gasteiger charge is -2.23. The Morgan fingerprint density at radius 2 is 1.76 bits per heavy atom. The topological polar surface area (TPSA) is 0 Å². The molecule has 2 aromatic rings. The molecule has 2 rings (SSSR count). The number of halogens is 1. The number of benzene rings is 2. The lowest BCUT2D eigenvalue weighted by Crippen LogP contribution is -2.41. The standard InChI is InChI=1S/C15H17BrSi/c1-4-11-17(2,3)15-10-9-14(16)12-7-5-6-8-13(12)15/h4-10H,1,11H2,2-3H3. The van der Waals surface area contributed by atoms with Gasteiger partial charge in [0, 0.05) is 4.47 Å². The zero-order valence-corrected chi connectivity index (χ0v) is 12.9. The molecule has 0 saturated carbocycles. The third-order valence-corrected chi connectivity index (χ3v) is 7.15.